The van der Waals surface area contributed by atoms with Crippen molar-refractivity contribution in [2.45, 2.75) is 19.9 Å². The summed E-state index contributed by atoms with van der Waals surface area (Å²) in [4.78, 5) is 43.2. The molecule has 11 nitrogen and oxygen atoms in total. The number of nitrogens with zero attached hydrogens (tertiary/aromatic N) is 3. The maximum atomic E-state index is 13.9. The Morgan fingerprint density at radius 1 is 1.19 bits per heavy atom. The first-order chi connectivity index (χ1) is 20.2. The van der Waals surface area contributed by atoms with Crippen LogP contribution in [0.15, 0.2) is 78.5 Å². The average Bonchev–Trinajstić information content (AvgIpc) is 3.55. The van der Waals surface area contributed by atoms with Gasteiger partial charge in [0.1, 0.15) is 29.1 Å². The summed E-state index contributed by atoms with van der Waals surface area (Å²) in [6.45, 7) is 3.53. The van der Waals surface area contributed by atoms with Crippen molar-refractivity contribution in [1.82, 2.24) is 4.57 Å². The number of aromatic nitrogens is 1. The van der Waals surface area contributed by atoms with Crippen molar-refractivity contribution in [1.29, 1.82) is 0 Å². The minimum atomic E-state index is -0.888. The number of methoxy groups -OCH3 is 2. The molecule has 1 aliphatic heterocycles. The van der Waals surface area contributed by atoms with Gasteiger partial charge in [-0.25, -0.2) is 9.79 Å². The predicted molar refractivity (Wildman–Crippen MR) is 158 cm³/mol. The first-order valence-corrected chi connectivity index (χ1v) is 14.2. The lowest BCUT2D eigenvalue weighted by atomic mass is 9.95. The number of thiazole rings is 1. The first kappa shape index (κ1) is 29.0. The van der Waals surface area contributed by atoms with Gasteiger partial charge in [0.05, 0.1) is 47.1 Å². The molecule has 0 radical (unpaired) electrons. The van der Waals surface area contributed by atoms with E-state index in [1.165, 1.54) is 24.9 Å². The molecule has 2 aromatic heterocycles. The molecule has 2 aromatic carbocycles. The quantitative estimate of drug-likeness (QED) is 0.151. The standard InChI is InChI=1S/C29H24BrN3O8S/c1-5-40-28(35)25-15(2)31-29-32(26(25)20-10-7-17(38-3)13-23(20)39-4)27(34)24(42-29)14-18-8-11-22(41-18)19-9-6-16(30)12-21(19)33(36)37/h6-14,26H,5H2,1-4H3/b24-14-/t26-/m0/s1. The van der Waals surface area contributed by atoms with Crippen LogP contribution in [0.1, 0.15) is 31.2 Å². The summed E-state index contributed by atoms with van der Waals surface area (Å²) in [6, 6.07) is 12.1. The molecule has 0 aliphatic carbocycles. The van der Waals surface area contributed by atoms with Crippen LogP contribution in [0.25, 0.3) is 17.4 Å². The Labute approximate surface area is 251 Å². The van der Waals surface area contributed by atoms with Gasteiger partial charge in [-0.05, 0) is 50.2 Å². The van der Waals surface area contributed by atoms with Gasteiger partial charge in [-0.3, -0.25) is 19.5 Å². The Balaban J connectivity index is 1.67. The highest BCUT2D eigenvalue weighted by Gasteiger charge is 2.35. The van der Waals surface area contributed by atoms with Crippen molar-refractivity contribution in [3.8, 4) is 22.8 Å². The van der Waals surface area contributed by atoms with Crippen LogP contribution in [0.2, 0.25) is 0 Å². The molecule has 3 heterocycles. The number of fused-ring (bicyclic) bond motifs is 1. The van der Waals surface area contributed by atoms with Crippen LogP contribution >= 0.6 is 27.3 Å². The number of hydrogen-bond donors (Lipinski definition) is 0. The molecule has 5 rings (SSSR count). The average molecular weight is 654 g/mol. The highest BCUT2D eigenvalue weighted by molar-refractivity contribution is 9.10. The van der Waals surface area contributed by atoms with Crippen molar-refractivity contribution in [3.63, 3.8) is 0 Å². The Kier molecular flexibility index (Phi) is 8.14. The third-order valence-corrected chi connectivity index (χ3v) is 8.05. The van der Waals surface area contributed by atoms with Crippen LogP contribution in [0.3, 0.4) is 0 Å². The summed E-state index contributed by atoms with van der Waals surface area (Å²) in [5.74, 6) is 0.947. The maximum absolute atomic E-state index is 13.9. The Morgan fingerprint density at radius 3 is 2.67 bits per heavy atom. The van der Waals surface area contributed by atoms with Crippen molar-refractivity contribution in [2.75, 3.05) is 20.8 Å². The highest BCUT2D eigenvalue weighted by Crippen LogP contribution is 2.38. The SMILES string of the molecule is CCOC(=O)C1=C(C)N=c2s/c(=C\c3ccc(-c4ccc(Br)cc4[N+](=O)[O-])o3)c(=O)n2[C@H]1c1ccc(OC)cc1OC. The Morgan fingerprint density at radius 2 is 1.98 bits per heavy atom. The molecule has 1 aliphatic rings. The fraction of sp³-hybridized carbons (Fsp3) is 0.207. The molecule has 1 atom stereocenters. The van der Waals surface area contributed by atoms with E-state index in [4.69, 9.17) is 18.6 Å². The van der Waals surface area contributed by atoms with E-state index in [-0.39, 0.29) is 28.2 Å². The molecule has 13 heteroatoms. The van der Waals surface area contributed by atoms with Crippen LogP contribution in [-0.4, -0.2) is 36.3 Å². The van der Waals surface area contributed by atoms with Crippen LogP contribution in [0, 0.1) is 10.1 Å². The molecular formula is C29H24BrN3O8S. The number of halogens is 1. The van der Waals surface area contributed by atoms with Crippen LogP contribution in [-0.2, 0) is 9.53 Å². The predicted octanol–water partition coefficient (Wildman–Crippen LogP) is 4.75. The number of furan rings is 1. The molecule has 4 aromatic rings. The number of allylic oxidation sites excluding steroid dienone is 1. The van der Waals surface area contributed by atoms with Gasteiger partial charge in [-0.15, -0.1) is 0 Å². The van der Waals surface area contributed by atoms with E-state index in [9.17, 15) is 19.7 Å². The third kappa shape index (κ3) is 5.28. The fourth-order valence-corrected chi connectivity index (χ4v) is 6.07. The number of ether oxygens (including phenoxy) is 3. The van der Waals surface area contributed by atoms with Gasteiger partial charge in [0, 0.05) is 28.2 Å². The summed E-state index contributed by atoms with van der Waals surface area (Å²) < 4.78 is 24.5. The van der Waals surface area contributed by atoms with E-state index >= 15 is 0 Å². The number of nitro groups is 1. The molecule has 0 saturated carbocycles. The van der Waals surface area contributed by atoms with E-state index in [1.807, 2.05) is 0 Å². The number of esters is 1. The molecule has 0 unspecified atom stereocenters. The number of carbonyl (C=O) groups excluding carboxylic acids is 1. The lowest BCUT2D eigenvalue weighted by molar-refractivity contribution is -0.384. The van der Waals surface area contributed by atoms with Gasteiger partial charge in [0.2, 0.25) is 0 Å². The van der Waals surface area contributed by atoms with Crippen LogP contribution in [0.4, 0.5) is 5.69 Å². The molecule has 0 bridgehead atoms. The van der Waals surface area contributed by atoms with E-state index < -0.39 is 22.5 Å². The third-order valence-electron chi connectivity index (χ3n) is 6.57. The maximum Gasteiger partial charge on any atom is 0.338 e. The minimum absolute atomic E-state index is 0.125. The molecule has 216 valence electrons. The monoisotopic (exact) mass is 653 g/mol. The van der Waals surface area contributed by atoms with Gasteiger partial charge in [-0.2, -0.15) is 0 Å². The second-order valence-electron chi connectivity index (χ2n) is 9.03. The van der Waals surface area contributed by atoms with Gasteiger partial charge < -0.3 is 18.6 Å². The van der Waals surface area contributed by atoms with Crippen molar-refractivity contribution in [2.24, 2.45) is 4.99 Å². The largest absolute Gasteiger partial charge is 0.497 e. The van der Waals surface area contributed by atoms with Crippen molar-refractivity contribution >= 4 is 45.0 Å². The van der Waals surface area contributed by atoms with E-state index in [2.05, 4.69) is 20.9 Å². The van der Waals surface area contributed by atoms with Crippen LogP contribution < -0.4 is 24.4 Å². The highest BCUT2D eigenvalue weighted by atomic mass is 79.9. The molecule has 42 heavy (non-hydrogen) atoms. The van der Waals surface area contributed by atoms with Crippen molar-refractivity contribution < 1.29 is 28.3 Å². The zero-order valence-corrected chi connectivity index (χ0v) is 25.3. The van der Waals surface area contributed by atoms with Gasteiger partial charge in [-0.1, -0.05) is 27.3 Å². The number of hydrogen-bond acceptors (Lipinski definition) is 10. The number of carbonyl (C=O) groups is 1. The first-order valence-electron chi connectivity index (χ1n) is 12.6. The van der Waals surface area contributed by atoms with E-state index in [0.717, 1.165) is 11.3 Å². The second-order valence-corrected chi connectivity index (χ2v) is 11.0. The number of benzene rings is 2. The molecular weight excluding hydrogens is 630 g/mol. The second kappa shape index (κ2) is 11.8. The Hall–Kier alpha value is -4.49. The van der Waals surface area contributed by atoms with Gasteiger partial charge >= 0.3 is 5.97 Å². The molecule has 0 fully saturated rings. The molecule has 0 amide bonds. The normalized spacial score (nSPS) is 14.8. The number of nitro benzene ring substituents is 1. The minimum Gasteiger partial charge on any atom is -0.497 e. The molecule has 0 saturated heterocycles. The van der Waals surface area contributed by atoms with E-state index in [1.54, 1.807) is 62.4 Å². The smallest absolute Gasteiger partial charge is 0.338 e. The Bertz CT molecular complexity index is 1940. The zero-order chi connectivity index (χ0) is 30.1. The summed E-state index contributed by atoms with van der Waals surface area (Å²) in [6.07, 6.45) is 1.55. The topological polar surface area (TPSA) is 135 Å². The summed E-state index contributed by atoms with van der Waals surface area (Å²) >= 11 is 4.38. The molecule has 0 spiro atoms. The summed E-state index contributed by atoms with van der Waals surface area (Å²) in [5.41, 5.74) is 0.925. The van der Waals surface area contributed by atoms with Gasteiger partial charge in [0.25, 0.3) is 11.2 Å². The fourth-order valence-electron chi connectivity index (χ4n) is 4.70. The lowest BCUT2D eigenvalue weighted by Crippen LogP contribution is -2.40. The van der Waals surface area contributed by atoms with Gasteiger partial charge in [0.15, 0.2) is 4.80 Å². The van der Waals surface area contributed by atoms with Crippen LogP contribution in [0.5, 0.6) is 11.5 Å². The van der Waals surface area contributed by atoms with E-state index in [0.29, 0.717) is 43.4 Å². The molecule has 0 N–H and O–H groups in total. The zero-order valence-electron chi connectivity index (χ0n) is 22.9. The lowest BCUT2D eigenvalue weighted by Gasteiger charge is -2.26. The van der Waals surface area contributed by atoms with Crippen molar-refractivity contribution in [3.05, 3.63) is 105 Å². The summed E-state index contributed by atoms with van der Waals surface area (Å²) in [7, 11) is 3.02. The number of rotatable bonds is 8. The summed E-state index contributed by atoms with van der Waals surface area (Å²) in [5, 5.41) is 11.6.